The van der Waals surface area contributed by atoms with Crippen LogP contribution < -0.4 is 5.01 Å². The van der Waals surface area contributed by atoms with Crippen LogP contribution in [0.15, 0.2) is 125 Å². The van der Waals surface area contributed by atoms with Gasteiger partial charge in [0.05, 0.1) is 32.8 Å². The van der Waals surface area contributed by atoms with Gasteiger partial charge in [0.25, 0.3) is 15.7 Å². The second-order valence-corrected chi connectivity index (χ2v) is 10.8. The average molecular weight is 523 g/mol. The van der Waals surface area contributed by atoms with Gasteiger partial charge in [-0.3, -0.25) is 15.1 Å². The Morgan fingerprint density at radius 3 is 2.26 bits per heavy atom. The lowest BCUT2D eigenvalue weighted by Gasteiger charge is -2.23. The zero-order valence-corrected chi connectivity index (χ0v) is 20.9. The van der Waals surface area contributed by atoms with Gasteiger partial charge in [-0.2, -0.15) is 5.10 Å². The van der Waals surface area contributed by atoms with E-state index in [2.05, 4.69) is 0 Å². The van der Waals surface area contributed by atoms with Gasteiger partial charge in [0, 0.05) is 35.7 Å². The molecule has 0 amide bonds. The van der Waals surface area contributed by atoms with Gasteiger partial charge in [-0.25, -0.2) is 12.4 Å². The Balaban J connectivity index is 1.50. The highest BCUT2D eigenvalue weighted by Gasteiger charge is 2.33. The molecule has 0 saturated heterocycles. The minimum atomic E-state index is -3.85. The molecule has 0 radical (unpaired) electrons. The van der Waals surface area contributed by atoms with Crippen molar-refractivity contribution in [3.8, 4) is 0 Å². The number of non-ortho nitro benzene ring substituents is 1. The molecule has 1 aliphatic heterocycles. The first-order valence-electron chi connectivity index (χ1n) is 12.0. The molecule has 1 atom stereocenters. The first-order valence-corrected chi connectivity index (χ1v) is 13.4. The van der Waals surface area contributed by atoms with Crippen molar-refractivity contribution in [2.24, 2.45) is 5.10 Å². The number of nitro groups is 1. The summed E-state index contributed by atoms with van der Waals surface area (Å²) in [6, 6.07) is 31.5. The topological polar surface area (TPSA) is 97.8 Å². The number of para-hydroxylation sites is 2. The molecule has 4 aromatic carbocycles. The van der Waals surface area contributed by atoms with Gasteiger partial charge in [-0.1, -0.05) is 66.7 Å². The predicted molar refractivity (Wildman–Crippen MR) is 147 cm³/mol. The maximum Gasteiger partial charge on any atom is 0.269 e. The molecule has 38 heavy (non-hydrogen) atoms. The molecular formula is C29H22N4O4S. The Kier molecular flexibility index (Phi) is 5.77. The van der Waals surface area contributed by atoms with Crippen molar-refractivity contribution in [1.82, 2.24) is 3.97 Å². The van der Waals surface area contributed by atoms with Crippen LogP contribution in [0.3, 0.4) is 0 Å². The molecule has 0 bridgehead atoms. The summed E-state index contributed by atoms with van der Waals surface area (Å²) in [5.41, 5.74) is 3.55. The van der Waals surface area contributed by atoms with Crippen LogP contribution in [0.1, 0.15) is 23.6 Å². The van der Waals surface area contributed by atoms with Crippen LogP contribution in [0.25, 0.3) is 10.9 Å². The summed E-state index contributed by atoms with van der Waals surface area (Å²) in [6.45, 7) is 0. The molecule has 1 aromatic heterocycles. The summed E-state index contributed by atoms with van der Waals surface area (Å²) in [6.07, 6.45) is 2.07. The molecular weight excluding hydrogens is 500 g/mol. The van der Waals surface area contributed by atoms with Crippen molar-refractivity contribution in [3.05, 3.63) is 137 Å². The summed E-state index contributed by atoms with van der Waals surface area (Å²) < 4.78 is 28.5. The summed E-state index contributed by atoms with van der Waals surface area (Å²) in [7, 11) is -3.85. The lowest BCUT2D eigenvalue weighted by molar-refractivity contribution is -0.384. The van der Waals surface area contributed by atoms with Crippen LogP contribution in [0, 0.1) is 10.1 Å². The molecule has 188 valence electrons. The lowest BCUT2D eigenvalue weighted by atomic mass is 9.97. The predicted octanol–water partition coefficient (Wildman–Crippen LogP) is 6.14. The number of hydrogen-bond donors (Lipinski definition) is 0. The maximum absolute atomic E-state index is 13.6. The monoisotopic (exact) mass is 522 g/mol. The molecule has 8 nitrogen and oxygen atoms in total. The third kappa shape index (κ3) is 4.03. The summed E-state index contributed by atoms with van der Waals surface area (Å²) >= 11 is 0. The second kappa shape index (κ2) is 9.28. The quantitative estimate of drug-likeness (QED) is 0.197. The third-order valence-corrected chi connectivity index (χ3v) is 8.37. The number of nitro benzene ring substituents is 1. The molecule has 0 aliphatic carbocycles. The number of benzene rings is 4. The Hall–Kier alpha value is -4.76. The van der Waals surface area contributed by atoms with E-state index in [-0.39, 0.29) is 16.6 Å². The number of rotatable bonds is 6. The molecule has 1 unspecified atom stereocenters. The van der Waals surface area contributed by atoms with Crippen LogP contribution in [0.4, 0.5) is 11.4 Å². The second-order valence-electron chi connectivity index (χ2n) is 8.97. The average Bonchev–Trinajstić information content (AvgIpc) is 3.57. The van der Waals surface area contributed by atoms with Gasteiger partial charge in [0.1, 0.15) is 0 Å². The molecule has 9 heteroatoms. The highest BCUT2D eigenvalue weighted by molar-refractivity contribution is 7.90. The smallest absolute Gasteiger partial charge is 0.258 e. The molecule has 1 aliphatic rings. The van der Waals surface area contributed by atoms with Crippen molar-refractivity contribution < 1.29 is 13.3 Å². The Morgan fingerprint density at radius 1 is 0.842 bits per heavy atom. The van der Waals surface area contributed by atoms with Gasteiger partial charge in [-0.05, 0) is 35.9 Å². The number of hydrogen-bond acceptors (Lipinski definition) is 6. The van der Waals surface area contributed by atoms with Crippen molar-refractivity contribution in [2.75, 3.05) is 5.01 Å². The van der Waals surface area contributed by atoms with Crippen LogP contribution in [-0.2, 0) is 10.0 Å². The fourth-order valence-corrected chi connectivity index (χ4v) is 6.27. The maximum atomic E-state index is 13.6. The molecule has 6 rings (SSSR count). The number of anilines is 1. The number of hydrazone groups is 1. The normalized spacial score (nSPS) is 15.5. The van der Waals surface area contributed by atoms with Gasteiger partial charge in [0.2, 0.25) is 0 Å². The van der Waals surface area contributed by atoms with E-state index in [1.165, 1.54) is 10.0 Å². The fraction of sp³-hybridized carbons (Fsp3) is 0.0690. The summed E-state index contributed by atoms with van der Waals surface area (Å²) in [4.78, 5) is 11.3. The van der Waals surface area contributed by atoms with Crippen LogP contribution in [0.5, 0.6) is 0 Å². The zero-order valence-electron chi connectivity index (χ0n) is 20.1. The van der Waals surface area contributed by atoms with E-state index in [0.717, 1.165) is 16.6 Å². The molecule has 0 fully saturated rings. The number of aromatic nitrogens is 1. The van der Waals surface area contributed by atoms with Crippen LogP contribution in [-0.4, -0.2) is 23.0 Å². The number of nitrogens with zero attached hydrogens (tertiary/aromatic N) is 4. The van der Waals surface area contributed by atoms with Crippen LogP contribution >= 0.6 is 0 Å². The first-order chi connectivity index (χ1) is 18.4. The van der Waals surface area contributed by atoms with E-state index in [1.54, 1.807) is 54.7 Å². The Labute approximate surface area is 219 Å². The van der Waals surface area contributed by atoms with Crippen LogP contribution in [0.2, 0.25) is 0 Å². The van der Waals surface area contributed by atoms with E-state index in [4.69, 9.17) is 5.10 Å². The molecule has 0 N–H and O–H groups in total. The Bertz CT molecular complexity index is 1800. The van der Waals surface area contributed by atoms with E-state index >= 15 is 0 Å². The van der Waals surface area contributed by atoms with Crippen molar-refractivity contribution in [3.63, 3.8) is 0 Å². The van der Waals surface area contributed by atoms with E-state index in [1.807, 2.05) is 59.6 Å². The Morgan fingerprint density at radius 2 is 1.53 bits per heavy atom. The lowest BCUT2D eigenvalue weighted by Crippen LogP contribution is -2.18. The van der Waals surface area contributed by atoms with Gasteiger partial charge >= 0.3 is 0 Å². The van der Waals surface area contributed by atoms with E-state index in [9.17, 15) is 18.5 Å². The number of fused-ring (bicyclic) bond motifs is 1. The van der Waals surface area contributed by atoms with Gasteiger partial charge in [-0.15, -0.1) is 0 Å². The van der Waals surface area contributed by atoms with Crippen molar-refractivity contribution >= 4 is 38.0 Å². The van der Waals surface area contributed by atoms with E-state index < -0.39 is 14.9 Å². The zero-order chi connectivity index (χ0) is 26.3. The fourth-order valence-electron chi connectivity index (χ4n) is 4.88. The van der Waals surface area contributed by atoms with Gasteiger partial charge < -0.3 is 0 Å². The molecule has 2 heterocycles. The van der Waals surface area contributed by atoms with Gasteiger partial charge in [0.15, 0.2) is 0 Å². The molecule has 5 aromatic rings. The highest BCUT2D eigenvalue weighted by atomic mass is 32.2. The SMILES string of the molecule is O=[N+]([O-])c1cccc(C2CC(c3cn(S(=O)(=O)c4ccccc4)c4ccccc34)=NN2c2ccccc2)c1. The van der Waals surface area contributed by atoms with E-state index in [0.29, 0.717) is 23.2 Å². The minimum Gasteiger partial charge on any atom is -0.258 e. The minimum absolute atomic E-state index is 0.00881. The standard InChI is InChI=1S/C29H22N4O4S/c34-33(35)23-13-9-10-21(18-23)29-19-27(30-32(29)22-11-3-1-4-12-22)26-20-31(28-17-8-7-16-25(26)28)38(36,37)24-14-5-2-6-15-24/h1-18,20,29H,19H2. The first kappa shape index (κ1) is 23.6. The summed E-state index contributed by atoms with van der Waals surface area (Å²) in [5, 5.41) is 19.0. The van der Waals surface area contributed by atoms with Crippen molar-refractivity contribution in [2.45, 2.75) is 17.4 Å². The summed E-state index contributed by atoms with van der Waals surface area (Å²) in [5.74, 6) is 0. The molecule has 0 spiro atoms. The molecule has 0 saturated carbocycles. The largest absolute Gasteiger partial charge is 0.269 e. The highest BCUT2D eigenvalue weighted by Crippen LogP contribution is 2.39. The third-order valence-electron chi connectivity index (χ3n) is 6.69. The van der Waals surface area contributed by atoms with Crippen molar-refractivity contribution in [1.29, 1.82) is 0 Å².